The van der Waals surface area contributed by atoms with E-state index in [4.69, 9.17) is 22.3 Å². The van der Waals surface area contributed by atoms with E-state index in [-0.39, 0.29) is 11.2 Å². The van der Waals surface area contributed by atoms with E-state index >= 15 is 0 Å². The molecule has 24 heavy (non-hydrogen) atoms. The molecule has 0 spiro atoms. The molecule has 122 valence electrons. The monoisotopic (exact) mass is 340 g/mol. The molecule has 0 atom stereocenters. The summed E-state index contributed by atoms with van der Waals surface area (Å²) in [6.45, 7) is 4.15. The van der Waals surface area contributed by atoms with Crippen molar-refractivity contribution >= 4 is 34.1 Å². The molecule has 1 aromatic carbocycles. The van der Waals surface area contributed by atoms with Crippen molar-refractivity contribution in [3.63, 3.8) is 0 Å². The Morgan fingerprint density at radius 3 is 2.62 bits per heavy atom. The molecule has 3 aromatic rings. The lowest BCUT2D eigenvalue weighted by Crippen LogP contribution is -2.29. The zero-order valence-electron chi connectivity index (χ0n) is 13.5. The van der Waals surface area contributed by atoms with Gasteiger partial charge in [-0.25, -0.2) is 9.67 Å². The summed E-state index contributed by atoms with van der Waals surface area (Å²) in [5, 5.41) is 5.77. The van der Waals surface area contributed by atoms with Crippen molar-refractivity contribution in [2.24, 2.45) is 5.41 Å². The maximum absolute atomic E-state index is 12.5. The predicted octanol–water partition coefficient (Wildman–Crippen LogP) is 3.81. The molecule has 2 N–H and O–H groups in total. The molecule has 4 rings (SSSR count). The summed E-state index contributed by atoms with van der Waals surface area (Å²) >= 11 is 5.96. The first kappa shape index (κ1) is 15.1. The highest BCUT2D eigenvalue weighted by Crippen LogP contribution is 2.38. The number of pyridine rings is 1. The van der Waals surface area contributed by atoms with Crippen LogP contribution in [0.2, 0.25) is 5.02 Å². The summed E-state index contributed by atoms with van der Waals surface area (Å²) in [7, 11) is 0. The summed E-state index contributed by atoms with van der Waals surface area (Å²) in [5.74, 6) is 0.0624. The fourth-order valence-electron chi connectivity index (χ4n) is 3.36. The van der Waals surface area contributed by atoms with Crippen molar-refractivity contribution < 1.29 is 4.79 Å². The first-order valence-corrected chi connectivity index (χ1v) is 8.19. The molecule has 5 nitrogen and oxygen atoms in total. The van der Waals surface area contributed by atoms with Crippen molar-refractivity contribution in [1.29, 1.82) is 0 Å². The second kappa shape index (κ2) is 5.05. The van der Waals surface area contributed by atoms with Crippen LogP contribution >= 0.6 is 11.6 Å². The number of anilines is 1. The molecule has 0 fully saturated rings. The van der Waals surface area contributed by atoms with Crippen molar-refractivity contribution in [2.75, 3.05) is 5.73 Å². The molecule has 6 heteroatoms. The molecule has 0 aliphatic heterocycles. The van der Waals surface area contributed by atoms with E-state index in [2.05, 4.69) is 18.9 Å². The van der Waals surface area contributed by atoms with E-state index in [1.54, 1.807) is 23.0 Å². The van der Waals surface area contributed by atoms with E-state index < -0.39 is 0 Å². The number of nitrogens with zero attached hydrogens (tertiary/aromatic N) is 3. The second-order valence-electron chi connectivity index (χ2n) is 7.06. The maximum Gasteiger partial charge on any atom is 0.167 e. The first-order chi connectivity index (χ1) is 11.4. The van der Waals surface area contributed by atoms with Gasteiger partial charge >= 0.3 is 0 Å². The summed E-state index contributed by atoms with van der Waals surface area (Å²) < 4.78 is 1.73. The molecule has 0 saturated carbocycles. The number of carbonyl (C=O) groups excluding carboxylic acids is 1. The molecule has 0 saturated heterocycles. The standard InChI is InChI=1S/C18H17ClN4O/c1-18(2)7-13-15(14(24)8-18)16(20)12-9-21-23(17(12)22-13)11-5-3-10(19)4-6-11/h3-6,9H,7-8H2,1-2H3,(H2,20,22). The van der Waals surface area contributed by atoms with Crippen LogP contribution < -0.4 is 5.73 Å². The van der Waals surface area contributed by atoms with Gasteiger partial charge in [-0.1, -0.05) is 25.4 Å². The third-order valence-corrected chi connectivity index (χ3v) is 4.72. The fraction of sp³-hybridized carbons (Fsp3) is 0.278. The Morgan fingerprint density at radius 2 is 1.92 bits per heavy atom. The van der Waals surface area contributed by atoms with Crippen LogP contribution in [0.25, 0.3) is 16.7 Å². The number of hydrogen-bond donors (Lipinski definition) is 1. The van der Waals surface area contributed by atoms with Gasteiger partial charge in [-0.15, -0.1) is 0 Å². The number of nitrogen functional groups attached to an aromatic ring is 1. The van der Waals surface area contributed by atoms with Crippen molar-refractivity contribution in [1.82, 2.24) is 14.8 Å². The Hall–Kier alpha value is -2.40. The minimum atomic E-state index is -0.109. The van der Waals surface area contributed by atoms with Gasteiger partial charge < -0.3 is 5.73 Å². The van der Waals surface area contributed by atoms with Crippen LogP contribution in [0.4, 0.5) is 5.69 Å². The van der Waals surface area contributed by atoms with Crippen LogP contribution in [0.15, 0.2) is 30.5 Å². The number of aromatic nitrogens is 3. The molecule has 0 unspecified atom stereocenters. The smallest absolute Gasteiger partial charge is 0.167 e. The van der Waals surface area contributed by atoms with Crippen LogP contribution in [0.5, 0.6) is 0 Å². The molecule has 0 bridgehead atoms. The number of Topliss-reactive ketones (excluding diaryl/α,β-unsaturated/α-hetero) is 1. The van der Waals surface area contributed by atoms with E-state index in [1.165, 1.54) is 0 Å². The number of halogens is 1. The highest BCUT2D eigenvalue weighted by molar-refractivity contribution is 6.30. The molecule has 0 amide bonds. The molecule has 1 aliphatic rings. The normalized spacial score (nSPS) is 16.4. The van der Waals surface area contributed by atoms with Gasteiger partial charge in [-0.05, 0) is 36.1 Å². The quantitative estimate of drug-likeness (QED) is 0.731. The molecule has 2 heterocycles. The summed E-state index contributed by atoms with van der Waals surface area (Å²) in [6.07, 6.45) is 2.88. The van der Waals surface area contributed by atoms with E-state index in [0.29, 0.717) is 33.7 Å². The molecule has 2 aromatic heterocycles. The van der Waals surface area contributed by atoms with Crippen LogP contribution in [0, 0.1) is 5.41 Å². The number of ketones is 1. The predicted molar refractivity (Wildman–Crippen MR) is 94.7 cm³/mol. The van der Waals surface area contributed by atoms with Gasteiger partial charge in [-0.3, -0.25) is 4.79 Å². The van der Waals surface area contributed by atoms with Crippen LogP contribution in [0.3, 0.4) is 0 Å². The van der Waals surface area contributed by atoms with Crippen LogP contribution in [0.1, 0.15) is 36.3 Å². The Balaban J connectivity index is 1.96. The van der Waals surface area contributed by atoms with Gasteiger partial charge in [0.05, 0.1) is 34.2 Å². The Bertz CT molecular complexity index is 973. The van der Waals surface area contributed by atoms with Gasteiger partial charge in [0.15, 0.2) is 11.4 Å². The highest BCUT2D eigenvalue weighted by atomic mass is 35.5. The highest BCUT2D eigenvalue weighted by Gasteiger charge is 2.34. The average Bonchev–Trinajstić information content (AvgIpc) is 2.90. The van der Waals surface area contributed by atoms with Crippen molar-refractivity contribution in [2.45, 2.75) is 26.7 Å². The minimum Gasteiger partial charge on any atom is -0.397 e. The zero-order valence-corrected chi connectivity index (χ0v) is 14.3. The number of nitrogens with two attached hydrogens (primary N) is 1. The maximum atomic E-state index is 12.5. The number of benzene rings is 1. The lowest BCUT2D eigenvalue weighted by atomic mass is 9.75. The van der Waals surface area contributed by atoms with Gasteiger partial charge in [0.2, 0.25) is 0 Å². The van der Waals surface area contributed by atoms with Crippen LogP contribution in [-0.4, -0.2) is 20.5 Å². The SMILES string of the molecule is CC1(C)CC(=O)c2c(nc3c(cnn3-c3ccc(Cl)cc3)c2N)C1. The number of rotatable bonds is 1. The lowest BCUT2D eigenvalue weighted by Gasteiger charge is -2.30. The minimum absolute atomic E-state index is 0.0624. The van der Waals surface area contributed by atoms with Gasteiger partial charge in [0.25, 0.3) is 0 Å². The Labute approximate surface area is 144 Å². The summed E-state index contributed by atoms with van der Waals surface area (Å²) in [6, 6.07) is 7.36. The molecule has 1 aliphatic carbocycles. The number of hydrogen-bond acceptors (Lipinski definition) is 4. The summed E-state index contributed by atoms with van der Waals surface area (Å²) in [4.78, 5) is 17.3. The Morgan fingerprint density at radius 1 is 1.21 bits per heavy atom. The third kappa shape index (κ3) is 2.27. The van der Waals surface area contributed by atoms with E-state index in [9.17, 15) is 4.79 Å². The Kier molecular flexibility index (Phi) is 3.18. The van der Waals surface area contributed by atoms with Gasteiger partial charge in [-0.2, -0.15) is 5.10 Å². The van der Waals surface area contributed by atoms with E-state index in [1.807, 2.05) is 12.1 Å². The fourth-order valence-corrected chi connectivity index (χ4v) is 3.49. The van der Waals surface area contributed by atoms with Gasteiger partial charge in [0, 0.05) is 11.4 Å². The number of fused-ring (bicyclic) bond motifs is 2. The second-order valence-corrected chi connectivity index (χ2v) is 7.49. The molecular weight excluding hydrogens is 324 g/mol. The first-order valence-electron chi connectivity index (χ1n) is 7.81. The third-order valence-electron chi connectivity index (χ3n) is 4.47. The molecular formula is C18H17ClN4O. The van der Waals surface area contributed by atoms with Crippen LogP contribution in [-0.2, 0) is 6.42 Å². The number of carbonyl (C=O) groups is 1. The van der Waals surface area contributed by atoms with E-state index in [0.717, 1.165) is 17.8 Å². The average molecular weight is 341 g/mol. The largest absolute Gasteiger partial charge is 0.397 e. The zero-order chi connectivity index (χ0) is 17.1. The van der Waals surface area contributed by atoms with Crippen molar-refractivity contribution in [3.8, 4) is 5.69 Å². The van der Waals surface area contributed by atoms with Crippen molar-refractivity contribution in [3.05, 3.63) is 46.7 Å². The lowest BCUT2D eigenvalue weighted by molar-refractivity contribution is 0.0912. The summed E-state index contributed by atoms with van der Waals surface area (Å²) in [5.41, 5.74) is 9.52. The molecule has 0 radical (unpaired) electrons. The van der Waals surface area contributed by atoms with Gasteiger partial charge in [0.1, 0.15) is 0 Å². The topological polar surface area (TPSA) is 73.8 Å².